The maximum Gasteiger partial charge on any atom is 0.263 e. The molecule has 1 aliphatic heterocycles. The third-order valence-electron chi connectivity index (χ3n) is 3.28. The molecule has 1 amide bonds. The van der Waals surface area contributed by atoms with E-state index in [-0.39, 0.29) is 16.6 Å². The number of hydrogen-bond acceptors (Lipinski definition) is 4. The molecule has 1 aliphatic rings. The average Bonchev–Trinajstić information content (AvgIpc) is 2.92. The van der Waals surface area contributed by atoms with Gasteiger partial charge in [0, 0.05) is 17.6 Å². The van der Waals surface area contributed by atoms with Crippen molar-refractivity contribution in [1.82, 2.24) is 4.90 Å². The normalized spacial score (nSPS) is 16.8. The largest absolute Gasteiger partial charge is 0.479 e. The van der Waals surface area contributed by atoms with E-state index in [1.807, 2.05) is 0 Å². The molecule has 0 aromatic heterocycles. The topological polar surface area (TPSA) is 89.7 Å². The van der Waals surface area contributed by atoms with Crippen LogP contribution in [0.3, 0.4) is 0 Å². The van der Waals surface area contributed by atoms with E-state index < -0.39 is 16.1 Å². The summed E-state index contributed by atoms with van der Waals surface area (Å²) in [5.74, 6) is -0.0588. The van der Waals surface area contributed by atoms with Crippen LogP contribution in [-0.4, -0.2) is 38.4 Å². The number of nitrogens with zero attached hydrogens (tertiary/aromatic N) is 1. The zero-order valence-electron chi connectivity index (χ0n) is 11.6. The van der Waals surface area contributed by atoms with Crippen molar-refractivity contribution in [2.45, 2.75) is 30.8 Å². The predicted octanol–water partition coefficient (Wildman–Crippen LogP) is 1.49. The Balaban J connectivity index is 2.21. The van der Waals surface area contributed by atoms with Crippen LogP contribution in [0.25, 0.3) is 0 Å². The van der Waals surface area contributed by atoms with Crippen LogP contribution in [0.1, 0.15) is 19.8 Å². The van der Waals surface area contributed by atoms with Crippen LogP contribution in [0.5, 0.6) is 5.75 Å². The standard InChI is InChI=1S/C13H17BrN2O4S/c1-9(13(17)16-6-2-3-7-16)20-11-5-4-10(14)8-12(11)21(15,18)19/h4-5,8-9H,2-3,6-7H2,1H3,(H2,15,18,19). The first-order valence-electron chi connectivity index (χ1n) is 6.57. The molecule has 1 atom stereocenters. The van der Waals surface area contributed by atoms with E-state index in [0.717, 1.165) is 25.9 Å². The number of primary sulfonamides is 1. The van der Waals surface area contributed by atoms with E-state index in [1.165, 1.54) is 12.1 Å². The molecule has 0 bridgehead atoms. The second kappa shape index (κ2) is 6.33. The molecule has 6 nitrogen and oxygen atoms in total. The number of rotatable bonds is 4. The summed E-state index contributed by atoms with van der Waals surface area (Å²) in [6.45, 7) is 3.04. The Morgan fingerprint density at radius 1 is 1.38 bits per heavy atom. The summed E-state index contributed by atoms with van der Waals surface area (Å²) in [5, 5.41) is 5.18. The maximum atomic E-state index is 12.2. The minimum absolute atomic E-state index is 0.0840. The number of likely N-dealkylation sites (tertiary alicyclic amines) is 1. The number of carbonyl (C=O) groups excluding carboxylic acids is 1. The molecule has 1 unspecified atom stereocenters. The molecule has 0 saturated carbocycles. The average molecular weight is 377 g/mol. The van der Waals surface area contributed by atoms with Gasteiger partial charge in [-0.15, -0.1) is 0 Å². The lowest BCUT2D eigenvalue weighted by atomic mass is 10.3. The smallest absolute Gasteiger partial charge is 0.263 e. The highest BCUT2D eigenvalue weighted by Gasteiger charge is 2.26. The van der Waals surface area contributed by atoms with Crippen molar-refractivity contribution in [3.63, 3.8) is 0 Å². The first-order valence-corrected chi connectivity index (χ1v) is 8.91. The Kier molecular flexibility index (Phi) is 4.90. The Labute approximate surface area is 132 Å². The molecule has 2 rings (SSSR count). The van der Waals surface area contributed by atoms with Crippen molar-refractivity contribution < 1.29 is 17.9 Å². The molecule has 21 heavy (non-hydrogen) atoms. The highest BCUT2D eigenvalue weighted by atomic mass is 79.9. The molecule has 1 saturated heterocycles. The summed E-state index contributed by atoms with van der Waals surface area (Å²) in [6, 6.07) is 4.48. The van der Waals surface area contributed by atoms with Crippen LogP contribution in [0.15, 0.2) is 27.6 Å². The van der Waals surface area contributed by atoms with Gasteiger partial charge in [-0.3, -0.25) is 4.79 Å². The summed E-state index contributed by atoms with van der Waals surface area (Å²) in [7, 11) is -3.93. The van der Waals surface area contributed by atoms with E-state index in [0.29, 0.717) is 4.47 Å². The van der Waals surface area contributed by atoms with Gasteiger partial charge in [0.1, 0.15) is 10.6 Å². The predicted molar refractivity (Wildman–Crippen MR) is 81.4 cm³/mol. The molecule has 1 aromatic carbocycles. The SMILES string of the molecule is CC(Oc1ccc(Br)cc1S(N)(=O)=O)C(=O)N1CCCC1. The number of carbonyl (C=O) groups is 1. The van der Waals surface area contributed by atoms with Gasteiger partial charge in [0.15, 0.2) is 6.10 Å². The monoisotopic (exact) mass is 376 g/mol. The summed E-state index contributed by atoms with van der Waals surface area (Å²) < 4.78 is 29.3. The zero-order valence-corrected chi connectivity index (χ0v) is 14.0. The summed E-state index contributed by atoms with van der Waals surface area (Å²) >= 11 is 3.19. The minimum Gasteiger partial charge on any atom is -0.479 e. The Morgan fingerprint density at radius 3 is 2.57 bits per heavy atom. The number of halogens is 1. The molecule has 0 radical (unpaired) electrons. The molecule has 0 aliphatic carbocycles. The van der Waals surface area contributed by atoms with E-state index in [4.69, 9.17) is 9.88 Å². The first-order chi connectivity index (χ1) is 9.79. The number of hydrogen-bond donors (Lipinski definition) is 1. The van der Waals surface area contributed by atoms with E-state index >= 15 is 0 Å². The molecular weight excluding hydrogens is 360 g/mol. The number of benzene rings is 1. The number of amides is 1. The number of ether oxygens (including phenoxy) is 1. The minimum atomic E-state index is -3.93. The van der Waals surface area contributed by atoms with Gasteiger partial charge in [0.05, 0.1) is 0 Å². The van der Waals surface area contributed by atoms with Crippen LogP contribution in [-0.2, 0) is 14.8 Å². The van der Waals surface area contributed by atoms with Gasteiger partial charge in [0.25, 0.3) is 5.91 Å². The third kappa shape index (κ3) is 3.96. The van der Waals surface area contributed by atoms with Gasteiger partial charge < -0.3 is 9.64 Å². The Morgan fingerprint density at radius 2 is 2.00 bits per heavy atom. The van der Waals surface area contributed by atoms with E-state index in [2.05, 4.69) is 15.9 Å². The van der Waals surface area contributed by atoms with Crippen LogP contribution < -0.4 is 9.88 Å². The molecule has 1 fully saturated rings. The van der Waals surface area contributed by atoms with Gasteiger partial charge in [-0.2, -0.15) is 0 Å². The summed E-state index contributed by atoms with van der Waals surface area (Å²) in [4.78, 5) is 13.8. The summed E-state index contributed by atoms with van der Waals surface area (Å²) in [5.41, 5.74) is 0. The lowest BCUT2D eigenvalue weighted by Gasteiger charge is -2.22. The quantitative estimate of drug-likeness (QED) is 0.861. The van der Waals surface area contributed by atoms with Gasteiger partial charge in [-0.25, -0.2) is 13.6 Å². The molecule has 8 heteroatoms. The van der Waals surface area contributed by atoms with Gasteiger partial charge in [0.2, 0.25) is 10.0 Å². The van der Waals surface area contributed by atoms with Crippen molar-refractivity contribution in [1.29, 1.82) is 0 Å². The molecule has 0 spiro atoms. The van der Waals surface area contributed by atoms with Gasteiger partial charge in [-0.05, 0) is 38.0 Å². The van der Waals surface area contributed by atoms with Crippen molar-refractivity contribution in [3.8, 4) is 5.75 Å². The summed E-state index contributed by atoms with van der Waals surface area (Å²) in [6.07, 6.45) is 1.21. The lowest BCUT2D eigenvalue weighted by molar-refractivity contribution is -0.136. The molecular formula is C13H17BrN2O4S. The van der Waals surface area contributed by atoms with Crippen molar-refractivity contribution in [2.24, 2.45) is 5.14 Å². The maximum absolute atomic E-state index is 12.2. The van der Waals surface area contributed by atoms with Crippen molar-refractivity contribution in [2.75, 3.05) is 13.1 Å². The van der Waals surface area contributed by atoms with Crippen LogP contribution in [0, 0.1) is 0 Å². The highest BCUT2D eigenvalue weighted by molar-refractivity contribution is 9.10. The van der Waals surface area contributed by atoms with Gasteiger partial charge in [-0.1, -0.05) is 15.9 Å². The Bertz CT molecular complexity index is 642. The fourth-order valence-electron chi connectivity index (χ4n) is 2.24. The first kappa shape index (κ1) is 16.3. The molecule has 1 heterocycles. The van der Waals surface area contributed by atoms with Crippen LogP contribution in [0.4, 0.5) is 0 Å². The second-order valence-electron chi connectivity index (χ2n) is 4.93. The fourth-order valence-corrected chi connectivity index (χ4v) is 3.44. The van der Waals surface area contributed by atoms with E-state index in [1.54, 1.807) is 17.9 Å². The molecule has 116 valence electrons. The van der Waals surface area contributed by atoms with Crippen molar-refractivity contribution >= 4 is 31.9 Å². The number of nitrogens with two attached hydrogens (primary N) is 1. The molecule has 1 aromatic rings. The lowest BCUT2D eigenvalue weighted by Crippen LogP contribution is -2.38. The highest BCUT2D eigenvalue weighted by Crippen LogP contribution is 2.27. The third-order valence-corrected chi connectivity index (χ3v) is 4.71. The fraction of sp³-hybridized carbons (Fsp3) is 0.462. The zero-order chi connectivity index (χ0) is 15.6. The Hall–Kier alpha value is -1.12. The van der Waals surface area contributed by atoms with Crippen molar-refractivity contribution in [3.05, 3.63) is 22.7 Å². The van der Waals surface area contributed by atoms with Gasteiger partial charge >= 0.3 is 0 Å². The van der Waals surface area contributed by atoms with E-state index in [9.17, 15) is 13.2 Å². The number of sulfonamides is 1. The van der Waals surface area contributed by atoms with Crippen LogP contribution >= 0.6 is 15.9 Å². The van der Waals surface area contributed by atoms with Crippen LogP contribution in [0.2, 0.25) is 0 Å². The molecule has 2 N–H and O–H groups in total. The second-order valence-corrected chi connectivity index (χ2v) is 7.37.